The second-order valence-corrected chi connectivity index (χ2v) is 6.83. The smallest absolute Gasteiger partial charge is 0.330 e. The predicted molar refractivity (Wildman–Crippen MR) is 75.8 cm³/mol. The number of hydrogen-bond acceptors (Lipinski definition) is 4. The van der Waals surface area contributed by atoms with Crippen molar-refractivity contribution in [1.82, 2.24) is 10.3 Å². The van der Waals surface area contributed by atoms with E-state index < -0.39 is 7.60 Å². The van der Waals surface area contributed by atoms with Gasteiger partial charge in [0.25, 0.3) is 0 Å². The average molecular weight is 300 g/mol. The van der Waals surface area contributed by atoms with Gasteiger partial charge in [0.15, 0.2) is 0 Å². The van der Waals surface area contributed by atoms with E-state index in [0.717, 1.165) is 16.8 Å². The molecule has 1 aliphatic rings. The molecule has 0 bridgehead atoms. The summed E-state index contributed by atoms with van der Waals surface area (Å²) < 4.78 is 23.0. The molecule has 0 atom stereocenters. The lowest BCUT2D eigenvalue weighted by Crippen LogP contribution is -2.30. The molecule has 2 heterocycles. The van der Waals surface area contributed by atoms with E-state index in [2.05, 4.69) is 10.3 Å². The van der Waals surface area contributed by atoms with Crippen LogP contribution in [0, 0.1) is 0 Å². The van der Waals surface area contributed by atoms with E-state index in [1.54, 1.807) is 13.8 Å². The van der Waals surface area contributed by atoms with Gasteiger partial charge >= 0.3 is 7.60 Å². The number of H-pyrrole nitrogens is 1. The Balaban J connectivity index is 2.05. The van der Waals surface area contributed by atoms with E-state index in [1.165, 1.54) is 0 Å². The summed E-state index contributed by atoms with van der Waals surface area (Å²) in [6, 6.07) is 0. The molecule has 2 N–H and O–H groups in total. The number of aryl methyl sites for hydroxylation is 1. The Morgan fingerprint density at radius 3 is 2.65 bits per heavy atom. The summed E-state index contributed by atoms with van der Waals surface area (Å²) in [6.45, 7) is 4.86. The Morgan fingerprint density at radius 1 is 1.30 bits per heavy atom. The normalized spacial score (nSPS) is 15.0. The molecule has 0 spiro atoms. The van der Waals surface area contributed by atoms with Crippen molar-refractivity contribution in [2.75, 3.05) is 19.4 Å². The zero-order chi connectivity index (χ0) is 14.6. The molecule has 1 aliphatic heterocycles. The fourth-order valence-corrected chi connectivity index (χ4v) is 4.00. The summed E-state index contributed by atoms with van der Waals surface area (Å²) in [5, 5.41) is 2.79. The molecule has 0 saturated heterocycles. The summed E-state index contributed by atoms with van der Waals surface area (Å²) in [4.78, 5) is 14.6. The molecule has 0 fully saturated rings. The van der Waals surface area contributed by atoms with Crippen LogP contribution in [0.4, 0.5) is 0 Å². The first-order chi connectivity index (χ1) is 9.58. The van der Waals surface area contributed by atoms with Crippen LogP contribution >= 0.6 is 7.60 Å². The molecule has 2 rings (SSSR count). The first-order valence-electron chi connectivity index (χ1n) is 6.90. The van der Waals surface area contributed by atoms with Crippen LogP contribution in [0.15, 0.2) is 6.20 Å². The topological polar surface area (TPSA) is 80.4 Å². The van der Waals surface area contributed by atoms with Crippen LogP contribution in [0.3, 0.4) is 0 Å². The summed E-state index contributed by atoms with van der Waals surface area (Å²) in [5.74, 6) is 0.0242. The van der Waals surface area contributed by atoms with Gasteiger partial charge in [0.05, 0.1) is 32.3 Å². The lowest BCUT2D eigenvalue weighted by atomic mass is 10.0. The van der Waals surface area contributed by atoms with Crippen molar-refractivity contribution in [2.24, 2.45) is 0 Å². The number of rotatable bonds is 7. The number of carbonyl (C=O) groups excluding carboxylic acids is 1. The third-order valence-corrected chi connectivity index (χ3v) is 5.35. The molecule has 1 aromatic rings. The van der Waals surface area contributed by atoms with Crippen LogP contribution in [0.1, 0.15) is 30.7 Å². The van der Waals surface area contributed by atoms with E-state index in [-0.39, 0.29) is 5.91 Å². The van der Waals surface area contributed by atoms with Crippen molar-refractivity contribution >= 4 is 13.5 Å². The van der Waals surface area contributed by atoms with E-state index >= 15 is 0 Å². The minimum Gasteiger partial charge on any atom is -0.363 e. The highest BCUT2D eigenvalue weighted by Gasteiger charge is 2.25. The Morgan fingerprint density at radius 2 is 2.00 bits per heavy atom. The highest BCUT2D eigenvalue weighted by molar-refractivity contribution is 7.53. The van der Waals surface area contributed by atoms with E-state index in [4.69, 9.17) is 9.05 Å². The summed E-state index contributed by atoms with van der Waals surface area (Å²) >= 11 is 0. The Labute approximate surface area is 118 Å². The number of carbonyl (C=O) groups is 1. The largest absolute Gasteiger partial charge is 0.363 e. The van der Waals surface area contributed by atoms with E-state index in [9.17, 15) is 9.36 Å². The van der Waals surface area contributed by atoms with Crippen molar-refractivity contribution in [1.29, 1.82) is 0 Å². The monoisotopic (exact) mass is 300 g/mol. The molecule has 0 saturated carbocycles. The fourth-order valence-electron chi connectivity index (χ4n) is 2.37. The lowest BCUT2D eigenvalue weighted by molar-refractivity contribution is -0.121. The molecule has 20 heavy (non-hydrogen) atoms. The minimum absolute atomic E-state index is 0.0242. The molecule has 7 heteroatoms. The number of aromatic amines is 1. The van der Waals surface area contributed by atoms with Crippen LogP contribution in [-0.2, 0) is 37.8 Å². The number of amides is 1. The van der Waals surface area contributed by atoms with E-state index in [0.29, 0.717) is 38.8 Å². The van der Waals surface area contributed by atoms with Crippen molar-refractivity contribution in [3.63, 3.8) is 0 Å². The maximum Gasteiger partial charge on any atom is 0.330 e. The summed E-state index contributed by atoms with van der Waals surface area (Å²) in [6.07, 6.45) is 3.17. The van der Waals surface area contributed by atoms with Gasteiger partial charge in [-0.15, -0.1) is 0 Å². The van der Waals surface area contributed by atoms with Gasteiger partial charge in [-0.25, -0.2) is 0 Å². The minimum atomic E-state index is -3.03. The van der Waals surface area contributed by atoms with Crippen LogP contribution in [0.5, 0.6) is 0 Å². The van der Waals surface area contributed by atoms with Crippen LogP contribution in [-0.4, -0.2) is 30.3 Å². The maximum absolute atomic E-state index is 12.4. The molecular formula is C13H21N2O4P. The number of nitrogens with one attached hydrogen (secondary N) is 2. The Kier molecular flexibility index (Phi) is 5.02. The number of aromatic nitrogens is 1. The Bertz CT molecular complexity index is 516. The van der Waals surface area contributed by atoms with Gasteiger partial charge in [-0.05, 0) is 31.4 Å². The van der Waals surface area contributed by atoms with Crippen molar-refractivity contribution in [2.45, 2.75) is 33.2 Å². The van der Waals surface area contributed by atoms with Gasteiger partial charge in [0, 0.05) is 11.9 Å². The van der Waals surface area contributed by atoms with Crippen LogP contribution in [0.25, 0.3) is 0 Å². The summed E-state index contributed by atoms with van der Waals surface area (Å²) in [7, 11) is -3.03. The van der Waals surface area contributed by atoms with Gasteiger partial charge in [0.2, 0.25) is 5.91 Å². The second-order valence-electron chi connectivity index (χ2n) is 4.64. The zero-order valence-electron chi connectivity index (χ0n) is 11.9. The molecule has 0 radical (unpaired) electrons. The maximum atomic E-state index is 12.4. The molecule has 112 valence electrons. The quantitative estimate of drug-likeness (QED) is 0.755. The molecule has 0 aliphatic carbocycles. The Hall–Kier alpha value is -1.10. The van der Waals surface area contributed by atoms with Crippen LogP contribution in [0.2, 0.25) is 0 Å². The highest BCUT2D eigenvalue weighted by atomic mass is 31.2. The predicted octanol–water partition coefficient (Wildman–Crippen LogP) is 2.00. The lowest BCUT2D eigenvalue weighted by Gasteiger charge is -2.18. The van der Waals surface area contributed by atoms with Crippen LogP contribution < -0.4 is 5.32 Å². The van der Waals surface area contributed by atoms with Gasteiger partial charge in [0.1, 0.15) is 0 Å². The van der Waals surface area contributed by atoms with Crippen molar-refractivity contribution in [3.8, 4) is 0 Å². The van der Waals surface area contributed by atoms with Gasteiger partial charge in [-0.3, -0.25) is 9.36 Å². The zero-order valence-corrected chi connectivity index (χ0v) is 12.8. The fraction of sp³-hybridized carbons (Fsp3) is 0.615. The first-order valence-corrected chi connectivity index (χ1v) is 8.63. The number of fused-ring (bicyclic) bond motifs is 1. The van der Waals surface area contributed by atoms with E-state index in [1.807, 2.05) is 6.20 Å². The van der Waals surface area contributed by atoms with Gasteiger partial charge in [-0.1, -0.05) is 0 Å². The third kappa shape index (κ3) is 3.51. The molecule has 0 unspecified atom stereocenters. The van der Waals surface area contributed by atoms with Crippen molar-refractivity contribution < 1.29 is 18.4 Å². The molecule has 0 aromatic carbocycles. The van der Waals surface area contributed by atoms with Crippen molar-refractivity contribution in [3.05, 3.63) is 23.0 Å². The number of hydrogen-bond donors (Lipinski definition) is 2. The molecule has 1 amide bonds. The first kappa shape index (κ1) is 15.3. The van der Waals surface area contributed by atoms with Gasteiger partial charge < -0.3 is 19.3 Å². The molecular weight excluding hydrogens is 279 g/mol. The van der Waals surface area contributed by atoms with Gasteiger partial charge in [-0.2, -0.15) is 0 Å². The summed E-state index contributed by atoms with van der Waals surface area (Å²) in [5.41, 5.74) is 3.07. The molecule has 1 aromatic heterocycles. The standard InChI is InChI=1S/C13H21N2O4P/c1-3-18-20(17,19-4-2)6-5-10-8-14-12-9-15-13(16)7-11(10)12/h8,14H,3-7,9H2,1-2H3,(H,15,16). The SMILES string of the molecule is CCOP(=O)(CCc1c[nH]c2c1CC(=O)NC2)OCC. The third-order valence-electron chi connectivity index (χ3n) is 3.28. The second kappa shape index (κ2) is 6.57. The molecule has 6 nitrogen and oxygen atoms in total. The average Bonchev–Trinajstić information content (AvgIpc) is 2.79. The highest BCUT2D eigenvalue weighted by Crippen LogP contribution is 2.48.